The molecule has 1 aliphatic rings. The van der Waals surface area contributed by atoms with Gasteiger partial charge in [0.05, 0.1) is 10.7 Å². The Balaban J connectivity index is 1.98. The van der Waals surface area contributed by atoms with Gasteiger partial charge in [0.25, 0.3) is 0 Å². The van der Waals surface area contributed by atoms with Gasteiger partial charge >= 0.3 is 0 Å². The van der Waals surface area contributed by atoms with Crippen LogP contribution in [-0.4, -0.2) is 15.1 Å². The maximum Gasteiger partial charge on any atom is 0.119 e. The van der Waals surface area contributed by atoms with Gasteiger partial charge in [-0.2, -0.15) is 0 Å². The fraction of sp³-hybridized carbons (Fsp3) is 0.182. The zero-order valence-electron chi connectivity index (χ0n) is 8.16. The minimum atomic E-state index is 0.332. The van der Waals surface area contributed by atoms with E-state index in [-0.39, 0.29) is 0 Å². The summed E-state index contributed by atoms with van der Waals surface area (Å²) in [5.41, 5.74) is 1.93. The predicted molar refractivity (Wildman–Crippen MR) is 63.7 cm³/mol. The van der Waals surface area contributed by atoms with Crippen LogP contribution in [0.4, 0.5) is 0 Å². The molecule has 1 heterocycles. The van der Waals surface area contributed by atoms with Crippen LogP contribution in [0.5, 0.6) is 0 Å². The molecule has 76 valence electrons. The normalized spacial score (nSPS) is 13.5. The quantitative estimate of drug-likeness (QED) is 0.591. The van der Waals surface area contributed by atoms with Crippen molar-refractivity contribution in [1.29, 1.82) is 10.8 Å². The summed E-state index contributed by atoms with van der Waals surface area (Å²) < 4.78 is 0. The highest BCUT2D eigenvalue weighted by Gasteiger charge is 2.13. The molecular formula is C11H11N3S. The standard InChI is InChI=1S/C11H11N3S/c12-10(7-8-4-5-8)15-11(13)9-3-1-2-6-14-9/h1-3,6-7,12-13H,4-5H2. The smallest absolute Gasteiger partial charge is 0.119 e. The van der Waals surface area contributed by atoms with Gasteiger partial charge in [0.15, 0.2) is 0 Å². The van der Waals surface area contributed by atoms with Gasteiger partial charge in [0.2, 0.25) is 0 Å². The molecule has 0 radical (unpaired) electrons. The Labute approximate surface area is 92.6 Å². The Bertz CT molecular complexity index is 417. The van der Waals surface area contributed by atoms with Crippen molar-refractivity contribution in [1.82, 2.24) is 4.98 Å². The number of hydrogen-bond donors (Lipinski definition) is 2. The molecule has 15 heavy (non-hydrogen) atoms. The van der Waals surface area contributed by atoms with E-state index in [9.17, 15) is 0 Å². The third-order valence-corrected chi connectivity index (χ3v) is 2.73. The third kappa shape index (κ3) is 3.02. The molecule has 3 nitrogen and oxygen atoms in total. The Morgan fingerprint density at radius 1 is 1.33 bits per heavy atom. The summed E-state index contributed by atoms with van der Waals surface area (Å²) in [6.07, 6.45) is 5.73. The Morgan fingerprint density at radius 2 is 2.13 bits per heavy atom. The first-order valence-electron chi connectivity index (χ1n) is 4.71. The minimum absolute atomic E-state index is 0.332. The summed E-state index contributed by atoms with van der Waals surface area (Å²) >= 11 is 1.15. The first-order chi connectivity index (χ1) is 7.25. The van der Waals surface area contributed by atoms with Crippen LogP contribution in [0.25, 0.3) is 0 Å². The molecule has 0 saturated heterocycles. The summed E-state index contributed by atoms with van der Waals surface area (Å²) in [6.45, 7) is 0. The molecule has 2 N–H and O–H groups in total. The SMILES string of the molecule is N=C(C=C1CC1)SC(=N)c1ccccn1. The van der Waals surface area contributed by atoms with Crippen LogP contribution >= 0.6 is 11.8 Å². The monoisotopic (exact) mass is 217 g/mol. The summed E-state index contributed by atoms with van der Waals surface area (Å²) in [6, 6.07) is 5.45. The van der Waals surface area contributed by atoms with E-state index in [1.54, 1.807) is 12.3 Å². The number of thioether (sulfide) groups is 1. The Morgan fingerprint density at radius 3 is 2.73 bits per heavy atom. The highest BCUT2D eigenvalue weighted by atomic mass is 32.2. The van der Waals surface area contributed by atoms with Crippen molar-refractivity contribution in [3.63, 3.8) is 0 Å². The van der Waals surface area contributed by atoms with E-state index in [2.05, 4.69) is 4.98 Å². The lowest BCUT2D eigenvalue weighted by molar-refractivity contribution is 1.29. The van der Waals surface area contributed by atoms with Crippen molar-refractivity contribution in [2.24, 2.45) is 0 Å². The van der Waals surface area contributed by atoms with E-state index >= 15 is 0 Å². The first-order valence-corrected chi connectivity index (χ1v) is 5.53. The molecule has 0 bridgehead atoms. The second kappa shape index (κ2) is 4.40. The molecule has 1 fully saturated rings. The molecule has 0 atom stereocenters. The fourth-order valence-electron chi connectivity index (χ4n) is 1.09. The molecule has 1 aliphatic carbocycles. The van der Waals surface area contributed by atoms with Crippen molar-refractivity contribution in [3.8, 4) is 0 Å². The van der Waals surface area contributed by atoms with E-state index in [1.165, 1.54) is 5.57 Å². The van der Waals surface area contributed by atoms with E-state index < -0.39 is 0 Å². The molecular weight excluding hydrogens is 206 g/mol. The van der Waals surface area contributed by atoms with Crippen LogP contribution in [0, 0.1) is 10.8 Å². The highest BCUT2D eigenvalue weighted by molar-refractivity contribution is 8.27. The highest BCUT2D eigenvalue weighted by Crippen LogP contribution is 2.28. The lowest BCUT2D eigenvalue weighted by Gasteiger charge is -2.00. The zero-order valence-corrected chi connectivity index (χ0v) is 8.97. The molecule has 0 aromatic carbocycles. The largest absolute Gasteiger partial charge is 0.294 e. The molecule has 0 spiro atoms. The number of allylic oxidation sites excluding steroid dienone is 1. The van der Waals surface area contributed by atoms with Gasteiger partial charge in [-0.15, -0.1) is 0 Å². The van der Waals surface area contributed by atoms with Crippen LogP contribution in [0.1, 0.15) is 18.5 Å². The molecule has 2 rings (SSSR count). The first kappa shape index (κ1) is 10.1. The van der Waals surface area contributed by atoms with Crippen LogP contribution in [0.2, 0.25) is 0 Å². The van der Waals surface area contributed by atoms with Crippen molar-refractivity contribution >= 4 is 21.8 Å². The number of rotatable bonds is 2. The van der Waals surface area contributed by atoms with E-state index in [4.69, 9.17) is 10.8 Å². The molecule has 0 aliphatic heterocycles. The van der Waals surface area contributed by atoms with E-state index in [0.29, 0.717) is 15.8 Å². The molecule has 0 amide bonds. The lowest BCUT2D eigenvalue weighted by atomic mass is 10.4. The summed E-state index contributed by atoms with van der Waals surface area (Å²) in [5, 5.41) is 16.2. The second-order valence-corrected chi connectivity index (χ2v) is 4.37. The predicted octanol–water partition coefficient (Wildman–Crippen LogP) is 2.84. The number of hydrogen-bond acceptors (Lipinski definition) is 4. The van der Waals surface area contributed by atoms with Gasteiger partial charge in [-0.05, 0) is 42.8 Å². The number of aromatic nitrogens is 1. The van der Waals surface area contributed by atoms with Gasteiger partial charge in [-0.25, -0.2) is 0 Å². The third-order valence-electron chi connectivity index (χ3n) is 1.98. The maximum absolute atomic E-state index is 7.76. The topological polar surface area (TPSA) is 60.6 Å². The number of pyridine rings is 1. The van der Waals surface area contributed by atoms with Crippen molar-refractivity contribution < 1.29 is 0 Å². The Hall–Kier alpha value is -1.42. The van der Waals surface area contributed by atoms with Crippen molar-refractivity contribution in [2.75, 3.05) is 0 Å². The summed E-state index contributed by atoms with van der Waals surface area (Å²) in [4.78, 5) is 4.06. The van der Waals surface area contributed by atoms with Crippen LogP contribution in [-0.2, 0) is 0 Å². The van der Waals surface area contributed by atoms with Crippen molar-refractivity contribution in [3.05, 3.63) is 41.7 Å². The molecule has 1 saturated carbocycles. The number of nitrogens with zero attached hydrogens (tertiary/aromatic N) is 1. The summed E-state index contributed by atoms with van der Waals surface area (Å²) in [5.74, 6) is 0. The van der Waals surface area contributed by atoms with Crippen LogP contribution in [0.15, 0.2) is 36.0 Å². The summed E-state index contributed by atoms with van der Waals surface area (Å²) in [7, 11) is 0. The average molecular weight is 217 g/mol. The number of nitrogens with one attached hydrogen (secondary N) is 2. The minimum Gasteiger partial charge on any atom is -0.294 e. The molecule has 1 aromatic heterocycles. The van der Waals surface area contributed by atoms with Gasteiger partial charge < -0.3 is 0 Å². The second-order valence-electron chi connectivity index (χ2n) is 3.31. The van der Waals surface area contributed by atoms with Crippen LogP contribution < -0.4 is 0 Å². The molecule has 0 unspecified atom stereocenters. The van der Waals surface area contributed by atoms with E-state index in [0.717, 1.165) is 24.6 Å². The molecule has 4 heteroatoms. The van der Waals surface area contributed by atoms with Gasteiger partial charge in [0.1, 0.15) is 5.04 Å². The van der Waals surface area contributed by atoms with Gasteiger partial charge in [0, 0.05) is 6.20 Å². The van der Waals surface area contributed by atoms with Gasteiger partial charge in [-0.3, -0.25) is 15.8 Å². The average Bonchev–Trinajstić information content (AvgIpc) is 3.03. The van der Waals surface area contributed by atoms with E-state index in [1.807, 2.05) is 18.2 Å². The maximum atomic E-state index is 7.76. The van der Waals surface area contributed by atoms with Crippen molar-refractivity contribution in [2.45, 2.75) is 12.8 Å². The fourth-order valence-corrected chi connectivity index (χ4v) is 1.76. The lowest BCUT2D eigenvalue weighted by Crippen LogP contribution is -1.99. The molecule has 1 aromatic rings. The Kier molecular flexibility index (Phi) is 2.97. The zero-order chi connectivity index (χ0) is 10.7. The van der Waals surface area contributed by atoms with Crippen LogP contribution in [0.3, 0.4) is 0 Å². The van der Waals surface area contributed by atoms with Gasteiger partial charge in [-0.1, -0.05) is 11.6 Å².